The van der Waals surface area contributed by atoms with Gasteiger partial charge in [0.25, 0.3) is 0 Å². The van der Waals surface area contributed by atoms with E-state index in [1.165, 1.54) is 0 Å². The molecule has 0 aromatic rings. The molecular formula is C5H5ClF6O2S. The van der Waals surface area contributed by atoms with Crippen molar-refractivity contribution in [1.82, 2.24) is 0 Å². The molecule has 0 aliphatic heterocycles. The molecule has 0 saturated heterocycles. The summed E-state index contributed by atoms with van der Waals surface area (Å²) in [7, 11) is 0.147. The molecule has 0 amide bonds. The average Bonchev–Trinajstić information content (AvgIpc) is 1.75. The summed E-state index contributed by atoms with van der Waals surface area (Å²) in [6.07, 6.45) is -12.7. The molecule has 92 valence electrons. The van der Waals surface area contributed by atoms with Crippen molar-refractivity contribution in [2.24, 2.45) is 5.92 Å². The van der Waals surface area contributed by atoms with Gasteiger partial charge in [-0.1, -0.05) is 0 Å². The first kappa shape index (κ1) is 14.8. The summed E-state index contributed by atoms with van der Waals surface area (Å²) in [6.45, 7) is 0. The van der Waals surface area contributed by atoms with Crippen molar-refractivity contribution >= 4 is 19.7 Å². The highest BCUT2D eigenvalue weighted by atomic mass is 35.7. The molecule has 0 fully saturated rings. The van der Waals surface area contributed by atoms with Gasteiger partial charge in [0.2, 0.25) is 9.05 Å². The van der Waals surface area contributed by atoms with E-state index in [9.17, 15) is 34.8 Å². The third-order valence-electron chi connectivity index (χ3n) is 1.44. The van der Waals surface area contributed by atoms with Gasteiger partial charge in [0.1, 0.15) is 0 Å². The lowest BCUT2D eigenvalue weighted by atomic mass is 10.1. The molecular weight excluding hydrogens is 274 g/mol. The minimum Gasteiger partial charge on any atom is -0.212 e. The van der Waals surface area contributed by atoms with Crippen LogP contribution in [0.15, 0.2) is 0 Å². The van der Waals surface area contributed by atoms with Gasteiger partial charge in [-0.05, 0) is 6.42 Å². The largest absolute Gasteiger partial charge is 0.400 e. The van der Waals surface area contributed by atoms with E-state index in [4.69, 9.17) is 0 Å². The van der Waals surface area contributed by atoms with E-state index < -0.39 is 39.5 Å². The lowest BCUT2D eigenvalue weighted by molar-refractivity contribution is -0.284. The zero-order chi connectivity index (χ0) is 12.5. The fraction of sp³-hybridized carbons (Fsp3) is 1.00. The van der Waals surface area contributed by atoms with Crippen LogP contribution in [-0.2, 0) is 9.05 Å². The standard InChI is InChI=1S/C5H5ClF6O2S/c6-15(13,14)2-1-3(4(7,8)9)5(10,11)12/h3H,1-2H2. The molecule has 0 aromatic carbocycles. The fourth-order valence-corrected chi connectivity index (χ4v) is 1.56. The number of hydrogen-bond acceptors (Lipinski definition) is 2. The van der Waals surface area contributed by atoms with E-state index in [0.717, 1.165) is 0 Å². The van der Waals surface area contributed by atoms with Crippen LogP contribution in [0.25, 0.3) is 0 Å². The lowest BCUT2D eigenvalue weighted by Crippen LogP contribution is -2.37. The number of halogens is 7. The van der Waals surface area contributed by atoms with E-state index in [0.29, 0.717) is 0 Å². The number of hydrogen-bond donors (Lipinski definition) is 0. The highest BCUT2D eigenvalue weighted by Crippen LogP contribution is 2.41. The quantitative estimate of drug-likeness (QED) is 0.587. The highest BCUT2D eigenvalue weighted by molar-refractivity contribution is 8.13. The normalized spacial score (nSPS) is 14.7. The summed E-state index contributed by atoms with van der Waals surface area (Å²) in [6, 6.07) is 0. The Hall–Kier alpha value is -0.180. The fourth-order valence-electron chi connectivity index (χ4n) is 0.772. The van der Waals surface area contributed by atoms with Gasteiger partial charge in [0.05, 0.1) is 5.75 Å². The number of alkyl halides is 6. The van der Waals surface area contributed by atoms with Crippen LogP contribution in [0.1, 0.15) is 6.42 Å². The van der Waals surface area contributed by atoms with E-state index in [1.807, 2.05) is 0 Å². The second kappa shape index (κ2) is 4.36. The second-order valence-electron chi connectivity index (χ2n) is 2.67. The summed E-state index contributed by atoms with van der Waals surface area (Å²) in [4.78, 5) is 0. The number of rotatable bonds is 3. The molecule has 0 atom stereocenters. The molecule has 0 unspecified atom stereocenters. The molecule has 0 N–H and O–H groups in total. The van der Waals surface area contributed by atoms with Crippen molar-refractivity contribution in [2.75, 3.05) is 5.75 Å². The van der Waals surface area contributed by atoms with Crippen molar-refractivity contribution in [3.63, 3.8) is 0 Å². The SMILES string of the molecule is O=S(=O)(Cl)CCC(C(F)(F)F)C(F)(F)F. The zero-order valence-corrected chi connectivity index (χ0v) is 8.43. The molecule has 0 aliphatic carbocycles. The van der Waals surface area contributed by atoms with Gasteiger partial charge >= 0.3 is 12.4 Å². The Morgan fingerprint density at radius 2 is 1.33 bits per heavy atom. The van der Waals surface area contributed by atoms with Crippen molar-refractivity contribution < 1.29 is 34.8 Å². The Morgan fingerprint density at radius 1 is 1.00 bits per heavy atom. The van der Waals surface area contributed by atoms with Gasteiger partial charge < -0.3 is 0 Å². The molecule has 0 spiro atoms. The van der Waals surface area contributed by atoms with E-state index in [1.54, 1.807) is 0 Å². The first-order chi connectivity index (χ1) is 6.34. The van der Waals surface area contributed by atoms with Crippen LogP contribution in [0.2, 0.25) is 0 Å². The second-order valence-corrected chi connectivity index (χ2v) is 5.56. The van der Waals surface area contributed by atoms with Gasteiger partial charge in [-0.25, -0.2) is 8.42 Å². The van der Waals surface area contributed by atoms with Gasteiger partial charge in [-0.2, -0.15) is 26.3 Å². The third kappa shape index (κ3) is 6.08. The van der Waals surface area contributed by atoms with Crippen molar-refractivity contribution in [3.05, 3.63) is 0 Å². The Balaban J connectivity index is 4.71. The summed E-state index contributed by atoms with van der Waals surface area (Å²) in [5, 5.41) is 0. The summed E-state index contributed by atoms with van der Waals surface area (Å²) >= 11 is 0. The maximum Gasteiger partial charge on any atom is 0.400 e. The van der Waals surface area contributed by atoms with Gasteiger partial charge in [0, 0.05) is 10.7 Å². The Labute approximate surface area is 85.6 Å². The first-order valence-corrected chi connectivity index (χ1v) is 5.87. The van der Waals surface area contributed by atoms with Crippen LogP contribution in [-0.4, -0.2) is 26.5 Å². The van der Waals surface area contributed by atoms with Crippen molar-refractivity contribution in [3.8, 4) is 0 Å². The van der Waals surface area contributed by atoms with Crippen LogP contribution in [0.4, 0.5) is 26.3 Å². The molecule has 0 heterocycles. The molecule has 0 aliphatic rings. The Bertz CT molecular complexity index is 290. The van der Waals surface area contributed by atoms with Crippen LogP contribution >= 0.6 is 10.7 Å². The molecule has 0 saturated carbocycles. The third-order valence-corrected chi connectivity index (χ3v) is 2.63. The first-order valence-electron chi connectivity index (χ1n) is 3.40. The minimum absolute atomic E-state index is 1.38. The Kier molecular flexibility index (Phi) is 4.31. The smallest absolute Gasteiger partial charge is 0.212 e. The predicted molar refractivity (Wildman–Crippen MR) is 39.9 cm³/mol. The van der Waals surface area contributed by atoms with Crippen LogP contribution < -0.4 is 0 Å². The predicted octanol–water partition coefficient (Wildman–Crippen LogP) is 2.69. The van der Waals surface area contributed by atoms with Gasteiger partial charge in [-0.15, -0.1) is 0 Å². The zero-order valence-electron chi connectivity index (χ0n) is 6.86. The van der Waals surface area contributed by atoms with Crippen LogP contribution in [0.5, 0.6) is 0 Å². The summed E-state index contributed by atoms with van der Waals surface area (Å²) in [5.41, 5.74) is 0. The van der Waals surface area contributed by atoms with E-state index in [2.05, 4.69) is 10.7 Å². The summed E-state index contributed by atoms with van der Waals surface area (Å²) in [5.74, 6) is -5.04. The molecule has 0 bridgehead atoms. The van der Waals surface area contributed by atoms with Crippen molar-refractivity contribution in [2.45, 2.75) is 18.8 Å². The average molecular weight is 279 g/mol. The monoisotopic (exact) mass is 278 g/mol. The van der Waals surface area contributed by atoms with Crippen LogP contribution in [0, 0.1) is 5.92 Å². The van der Waals surface area contributed by atoms with Crippen LogP contribution in [0.3, 0.4) is 0 Å². The van der Waals surface area contributed by atoms with Gasteiger partial charge in [-0.3, -0.25) is 0 Å². The summed E-state index contributed by atoms with van der Waals surface area (Å²) < 4.78 is 91.4. The topological polar surface area (TPSA) is 34.1 Å². The lowest BCUT2D eigenvalue weighted by Gasteiger charge is -2.22. The molecule has 0 aromatic heterocycles. The highest BCUT2D eigenvalue weighted by Gasteiger charge is 2.56. The molecule has 0 radical (unpaired) electrons. The maximum absolute atomic E-state index is 11.8. The van der Waals surface area contributed by atoms with Crippen molar-refractivity contribution in [1.29, 1.82) is 0 Å². The molecule has 0 rings (SSSR count). The molecule has 2 nitrogen and oxygen atoms in total. The van der Waals surface area contributed by atoms with E-state index in [-0.39, 0.29) is 0 Å². The molecule has 15 heavy (non-hydrogen) atoms. The van der Waals surface area contributed by atoms with E-state index >= 15 is 0 Å². The Morgan fingerprint density at radius 3 is 1.53 bits per heavy atom. The maximum atomic E-state index is 11.8. The van der Waals surface area contributed by atoms with Gasteiger partial charge in [0.15, 0.2) is 5.92 Å². The molecule has 10 heteroatoms. The minimum atomic E-state index is -5.53.